The summed E-state index contributed by atoms with van der Waals surface area (Å²) in [6, 6.07) is -0.132. The maximum Gasteiger partial charge on any atom is 0.329 e. The van der Waals surface area contributed by atoms with Crippen LogP contribution < -0.4 is 5.32 Å². The van der Waals surface area contributed by atoms with Crippen LogP contribution in [0.4, 0.5) is 4.79 Å². The molecule has 0 aromatic rings. The first-order chi connectivity index (χ1) is 8.09. The van der Waals surface area contributed by atoms with Crippen LogP contribution in [0.15, 0.2) is 11.6 Å². The monoisotopic (exact) mass is 242 g/mol. The van der Waals surface area contributed by atoms with E-state index in [2.05, 4.69) is 12.2 Å². The van der Waals surface area contributed by atoms with Gasteiger partial charge >= 0.3 is 12.0 Å². The minimum atomic E-state index is -1.01. The van der Waals surface area contributed by atoms with E-state index in [-0.39, 0.29) is 19.2 Å². The summed E-state index contributed by atoms with van der Waals surface area (Å²) in [5.41, 5.74) is 1.30. The first-order valence-corrected chi connectivity index (χ1v) is 5.57. The first-order valence-electron chi connectivity index (χ1n) is 5.57. The maximum atomic E-state index is 11.6. The van der Waals surface area contributed by atoms with Crippen LogP contribution in [0.2, 0.25) is 0 Å². The van der Waals surface area contributed by atoms with E-state index in [9.17, 15) is 9.59 Å². The highest BCUT2D eigenvalue weighted by molar-refractivity contribution is 5.74. The van der Waals surface area contributed by atoms with Gasteiger partial charge in [0.1, 0.15) is 6.61 Å². The molecular formula is C11H18N2O4. The molecule has 0 spiro atoms. The second kappa shape index (κ2) is 6.90. The summed E-state index contributed by atoms with van der Waals surface area (Å²) in [5.74, 6) is -1.01. The van der Waals surface area contributed by atoms with Crippen LogP contribution in [0, 0.1) is 0 Å². The molecule has 0 bridgehead atoms. The van der Waals surface area contributed by atoms with E-state index in [1.54, 1.807) is 4.90 Å². The summed E-state index contributed by atoms with van der Waals surface area (Å²) in [6.07, 6.45) is 2.94. The average molecular weight is 242 g/mol. The molecule has 0 atom stereocenters. The number of rotatable bonds is 5. The van der Waals surface area contributed by atoms with Crippen molar-refractivity contribution >= 4 is 12.0 Å². The Morgan fingerprint density at radius 1 is 1.59 bits per heavy atom. The highest BCUT2D eigenvalue weighted by Crippen LogP contribution is 2.08. The smallest absolute Gasteiger partial charge is 0.329 e. The Kier molecular flexibility index (Phi) is 5.48. The highest BCUT2D eigenvalue weighted by Gasteiger charge is 2.14. The number of carboxylic acid groups (broad SMARTS) is 1. The lowest BCUT2D eigenvalue weighted by Crippen LogP contribution is -2.43. The fraction of sp³-hybridized carbons (Fsp3) is 0.636. The minimum absolute atomic E-state index is 0.132. The standard InChI is InChI=1S/C11H18N2O4/c1-9-2-5-13(6-3-9)11(16)12-4-7-17-8-10(14)15/h2H,3-8H2,1H3,(H,12,16)(H,14,15). The van der Waals surface area contributed by atoms with Crippen LogP contribution in [0.1, 0.15) is 13.3 Å². The molecule has 96 valence electrons. The zero-order valence-corrected chi connectivity index (χ0v) is 9.94. The fourth-order valence-corrected chi connectivity index (χ4v) is 1.46. The van der Waals surface area contributed by atoms with Crippen molar-refractivity contribution in [2.24, 2.45) is 0 Å². The van der Waals surface area contributed by atoms with E-state index in [4.69, 9.17) is 9.84 Å². The molecule has 0 aliphatic carbocycles. The van der Waals surface area contributed by atoms with Gasteiger partial charge in [-0.1, -0.05) is 11.6 Å². The van der Waals surface area contributed by atoms with Crippen molar-refractivity contribution in [3.63, 3.8) is 0 Å². The quantitative estimate of drug-likeness (QED) is 0.542. The largest absolute Gasteiger partial charge is 0.480 e. The third-order valence-electron chi connectivity index (χ3n) is 2.47. The molecule has 0 unspecified atom stereocenters. The number of aliphatic carboxylic acids is 1. The molecule has 0 aromatic carbocycles. The number of urea groups is 1. The second-order valence-electron chi connectivity index (χ2n) is 3.92. The van der Waals surface area contributed by atoms with E-state index in [1.807, 2.05) is 6.08 Å². The maximum absolute atomic E-state index is 11.6. The van der Waals surface area contributed by atoms with Crippen LogP contribution in [-0.4, -0.2) is 54.9 Å². The van der Waals surface area contributed by atoms with Gasteiger partial charge in [-0.05, 0) is 13.3 Å². The number of carboxylic acids is 1. The number of nitrogens with zero attached hydrogens (tertiary/aromatic N) is 1. The van der Waals surface area contributed by atoms with E-state index in [0.717, 1.165) is 13.0 Å². The fourth-order valence-electron chi connectivity index (χ4n) is 1.46. The van der Waals surface area contributed by atoms with Crippen molar-refractivity contribution in [3.05, 3.63) is 11.6 Å². The lowest BCUT2D eigenvalue weighted by Gasteiger charge is -2.25. The van der Waals surface area contributed by atoms with Gasteiger partial charge in [-0.3, -0.25) is 0 Å². The van der Waals surface area contributed by atoms with Gasteiger partial charge in [0.05, 0.1) is 6.61 Å². The molecule has 0 radical (unpaired) electrons. The Balaban J connectivity index is 2.11. The van der Waals surface area contributed by atoms with Crippen LogP contribution in [-0.2, 0) is 9.53 Å². The number of hydrogen-bond acceptors (Lipinski definition) is 3. The van der Waals surface area contributed by atoms with Crippen molar-refractivity contribution in [1.82, 2.24) is 10.2 Å². The van der Waals surface area contributed by atoms with Crippen molar-refractivity contribution < 1.29 is 19.4 Å². The molecule has 0 saturated heterocycles. The normalized spacial score (nSPS) is 15.4. The third kappa shape index (κ3) is 5.35. The van der Waals surface area contributed by atoms with Gasteiger partial charge in [-0.25, -0.2) is 9.59 Å². The van der Waals surface area contributed by atoms with Gasteiger partial charge in [0.2, 0.25) is 0 Å². The molecule has 1 aliphatic rings. The Morgan fingerprint density at radius 3 is 2.94 bits per heavy atom. The summed E-state index contributed by atoms with van der Waals surface area (Å²) in [5, 5.41) is 11.0. The van der Waals surface area contributed by atoms with Gasteiger partial charge in [0.25, 0.3) is 0 Å². The number of nitrogens with one attached hydrogen (secondary N) is 1. The van der Waals surface area contributed by atoms with Gasteiger partial charge < -0.3 is 20.1 Å². The minimum Gasteiger partial charge on any atom is -0.480 e. The van der Waals surface area contributed by atoms with Crippen molar-refractivity contribution in [1.29, 1.82) is 0 Å². The predicted octanol–water partition coefficient (Wildman–Crippen LogP) is 0.449. The van der Waals surface area contributed by atoms with Crippen LogP contribution in [0.3, 0.4) is 0 Å². The van der Waals surface area contributed by atoms with E-state index < -0.39 is 5.97 Å². The van der Waals surface area contributed by atoms with Gasteiger partial charge in [-0.2, -0.15) is 0 Å². The Hall–Kier alpha value is -1.56. The van der Waals surface area contributed by atoms with E-state index in [0.29, 0.717) is 13.1 Å². The number of carbonyl (C=O) groups is 2. The van der Waals surface area contributed by atoms with Crippen LogP contribution >= 0.6 is 0 Å². The predicted molar refractivity (Wildman–Crippen MR) is 61.8 cm³/mol. The van der Waals surface area contributed by atoms with Crippen molar-refractivity contribution in [3.8, 4) is 0 Å². The van der Waals surface area contributed by atoms with Gasteiger partial charge in [0.15, 0.2) is 0 Å². The molecule has 2 N–H and O–H groups in total. The zero-order chi connectivity index (χ0) is 12.7. The number of ether oxygens (including phenoxy) is 1. The SMILES string of the molecule is CC1=CCN(C(=O)NCCOCC(=O)O)CC1. The molecule has 0 saturated carbocycles. The molecular weight excluding hydrogens is 224 g/mol. The summed E-state index contributed by atoms with van der Waals surface area (Å²) < 4.78 is 4.81. The third-order valence-corrected chi connectivity index (χ3v) is 2.47. The molecule has 17 heavy (non-hydrogen) atoms. The lowest BCUT2D eigenvalue weighted by molar-refractivity contribution is -0.142. The summed E-state index contributed by atoms with van der Waals surface area (Å²) >= 11 is 0. The van der Waals surface area contributed by atoms with Gasteiger partial charge in [0, 0.05) is 19.6 Å². The zero-order valence-electron chi connectivity index (χ0n) is 9.94. The van der Waals surface area contributed by atoms with E-state index >= 15 is 0 Å². The molecule has 0 fully saturated rings. The van der Waals surface area contributed by atoms with Gasteiger partial charge in [-0.15, -0.1) is 0 Å². The lowest BCUT2D eigenvalue weighted by atomic mass is 10.1. The molecule has 6 heteroatoms. The van der Waals surface area contributed by atoms with Crippen LogP contribution in [0.25, 0.3) is 0 Å². The summed E-state index contributed by atoms with van der Waals surface area (Å²) in [6.45, 7) is 3.61. The highest BCUT2D eigenvalue weighted by atomic mass is 16.5. The first kappa shape index (κ1) is 13.5. The molecule has 6 nitrogen and oxygen atoms in total. The van der Waals surface area contributed by atoms with Crippen molar-refractivity contribution in [2.45, 2.75) is 13.3 Å². The molecule has 0 aromatic heterocycles. The van der Waals surface area contributed by atoms with Crippen molar-refractivity contribution in [2.75, 3.05) is 32.8 Å². The Bertz CT molecular complexity index is 315. The molecule has 1 heterocycles. The van der Waals surface area contributed by atoms with Crippen LogP contribution in [0.5, 0.6) is 0 Å². The Morgan fingerprint density at radius 2 is 2.35 bits per heavy atom. The summed E-state index contributed by atoms with van der Waals surface area (Å²) in [7, 11) is 0. The second-order valence-corrected chi connectivity index (χ2v) is 3.92. The number of amides is 2. The molecule has 1 rings (SSSR count). The molecule has 2 amide bonds. The number of carbonyl (C=O) groups excluding carboxylic acids is 1. The Labute approximate surface area is 100 Å². The van der Waals surface area contributed by atoms with E-state index in [1.165, 1.54) is 5.57 Å². The topological polar surface area (TPSA) is 78.9 Å². The average Bonchev–Trinajstić information content (AvgIpc) is 2.29. The summed E-state index contributed by atoms with van der Waals surface area (Å²) in [4.78, 5) is 23.5. The molecule has 1 aliphatic heterocycles. The number of hydrogen-bond donors (Lipinski definition) is 2.